The summed E-state index contributed by atoms with van der Waals surface area (Å²) in [6.07, 6.45) is 2.04. The third-order valence-corrected chi connectivity index (χ3v) is 2.44. The Morgan fingerprint density at radius 3 is 2.60 bits per heavy atom. The van der Waals surface area contributed by atoms with E-state index in [9.17, 15) is 0 Å². The molecule has 0 aromatic carbocycles. The van der Waals surface area contributed by atoms with Crippen LogP contribution in [-0.4, -0.2) is 22.9 Å². The minimum absolute atomic E-state index is 0.223. The van der Waals surface area contributed by atoms with Gasteiger partial charge in [0.2, 0.25) is 0 Å². The molecule has 0 amide bonds. The molecule has 1 heterocycles. The van der Waals surface area contributed by atoms with Crippen LogP contribution in [0.4, 0.5) is 0 Å². The molecule has 0 aliphatic carbocycles. The summed E-state index contributed by atoms with van der Waals surface area (Å²) in [7, 11) is 1.94. The third kappa shape index (κ3) is 3.32. The first-order valence-corrected chi connectivity index (χ1v) is 5.48. The molecule has 0 spiro atoms. The Labute approximate surface area is 91.8 Å². The molecule has 86 valence electrons. The van der Waals surface area contributed by atoms with Gasteiger partial charge in [0, 0.05) is 31.4 Å². The highest BCUT2D eigenvalue weighted by molar-refractivity contribution is 5.20. The fourth-order valence-electron chi connectivity index (χ4n) is 1.66. The maximum absolute atomic E-state index is 5.77. The Balaban J connectivity index is 2.69. The predicted molar refractivity (Wildman–Crippen MR) is 62.6 cm³/mol. The second-order valence-electron chi connectivity index (χ2n) is 4.43. The third-order valence-electron chi connectivity index (χ3n) is 2.44. The van der Waals surface area contributed by atoms with Crippen molar-refractivity contribution in [3.63, 3.8) is 0 Å². The van der Waals surface area contributed by atoms with E-state index in [-0.39, 0.29) is 6.04 Å². The summed E-state index contributed by atoms with van der Waals surface area (Å²) >= 11 is 0. The lowest BCUT2D eigenvalue weighted by atomic mass is 10.1. The minimum Gasteiger partial charge on any atom is -0.329 e. The largest absolute Gasteiger partial charge is 0.329 e. The molecule has 0 fully saturated rings. The van der Waals surface area contributed by atoms with E-state index in [1.807, 2.05) is 24.9 Å². The van der Waals surface area contributed by atoms with Gasteiger partial charge in [-0.1, -0.05) is 13.8 Å². The van der Waals surface area contributed by atoms with Crippen molar-refractivity contribution in [3.05, 3.63) is 17.5 Å². The van der Waals surface area contributed by atoms with Gasteiger partial charge in [-0.05, 0) is 19.4 Å². The summed E-state index contributed by atoms with van der Waals surface area (Å²) < 4.78 is 1.84. The van der Waals surface area contributed by atoms with Crippen molar-refractivity contribution >= 4 is 0 Å². The van der Waals surface area contributed by atoms with Gasteiger partial charge < -0.3 is 11.1 Å². The van der Waals surface area contributed by atoms with Crippen LogP contribution in [0.5, 0.6) is 0 Å². The number of nitrogens with two attached hydrogens (primary N) is 1. The quantitative estimate of drug-likeness (QED) is 0.761. The fraction of sp³-hybridized carbons (Fsp3) is 0.727. The molecule has 0 bridgehead atoms. The molecule has 0 aliphatic rings. The van der Waals surface area contributed by atoms with Crippen molar-refractivity contribution < 1.29 is 0 Å². The van der Waals surface area contributed by atoms with Crippen molar-refractivity contribution in [1.29, 1.82) is 0 Å². The van der Waals surface area contributed by atoms with Gasteiger partial charge in [0.25, 0.3) is 0 Å². The summed E-state index contributed by atoms with van der Waals surface area (Å²) in [6.45, 7) is 8.00. The molecule has 1 rings (SSSR count). The van der Waals surface area contributed by atoms with Crippen LogP contribution in [0.1, 0.15) is 31.1 Å². The van der Waals surface area contributed by atoms with Gasteiger partial charge in [0.1, 0.15) is 0 Å². The highest BCUT2D eigenvalue weighted by atomic mass is 15.3. The molecule has 0 radical (unpaired) electrons. The number of rotatable bonds is 5. The lowest BCUT2D eigenvalue weighted by Crippen LogP contribution is -2.31. The van der Waals surface area contributed by atoms with Crippen LogP contribution in [0.25, 0.3) is 0 Å². The van der Waals surface area contributed by atoms with Crippen molar-refractivity contribution in [3.8, 4) is 0 Å². The van der Waals surface area contributed by atoms with Crippen molar-refractivity contribution in [1.82, 2.24) is 15.1 Å². The number of hydrogen-bond donors (Lipinski definition) is 2. The molecule has 4 heteroatoms. The Morgan fingerprint density at radius 1 is 1.53 bits per heavy atom. The maximum Gasteiger partial charge on any atom is 0.0641 e. The molecule has 15 heavy (non-hydrogen) atoms. The average molecular weight is 210 g/mol. The molecule has 4 nitrogen and oxygen atoms in total. The summed E-state index contributed by atoms with van der Waals surface area (Å²) in [4.78, 5) is 0. The maximum atomic E-state index is 5.77. The van der Waals surface area contributed by atoms with Crippen molar-refractivity contribution in [2.75, 3.05) is 13.1 Å². The molecule has 0 aliphatic heterocycles. The Kier molecular flexibility index (Phi) is 4.29. The molecular weight excluding hydrogens is 188 g/mol. The highest BCUT2D eigenvalue weighted by Gasteiger charge is 2.14. The Bertz CT molecular complexity index is 304. The zero-order valence-corrected chi connectivity index (χ0v) is 10.1. The number of aromatic nitrogens is 2. The SMILES string of the molecule is Cc1nn(C)cc1C(CN)NCC(C)C. The van der Waals surface area contributed by atoms with Gasteiger partial charge in [0.05, 0.1) is 5.69 Å². The standard InChI is InChI=1S/C11H22N4/c1-8(2)6-13-11(5-12)10-7-15(4)14-9(10)3/h7-8,11,13H,5-6,12H2,1-4H3. The van der Waals surface area contributed by atoms with E-state index in [2.05, 4.69) is 24.3 Å². The van der Waals surface area contributed by atoms with Gasteiger partial charge >= 0.3 is 0 Å². The zero-order chi connectivity index (χ0) is 11.4. The number of nitrogens with zero attached hydrogens (tertiary/aromatic N) is 2. The number of aryl methyl sites for hydroxylation is 2. The first kappa shape index (κ1) is 12.2. The van der Waals surface area contributed by atoms with Gasteiger partial charge in [-0.3, -0.25) is 4.68 Å². The van der Waals surface area contributed by atoms with Crippen LogP contribution in [0.2, 0.25) is 0 Å². The van der Waals surface area contributed by atoms with Crippen LogP contribution in [0, 0.1) is 12.8 Å². The smallest absolute Gasteiger partial charge is 0.0641 e. The molecule has 1 unspecified atom stereocenters. The summed E-state index contributed by atoms with van der Waals surface area (Å²) in [5, 5.41) is 7.79. The minimum atomic E-state index is 0.223. The molecular formula is C11H22N4. The normalized spacial score (nSPS) is 13.5. The fourth-order valence-corrected chi connectivity index (χ4v) is 1.66. The summed E-state index contributed by atoms with van der Waals surface area (Å²) in [5.41, 5.74) is 8.04. The first-order valence-electron chi connectivity index (χ1n) is 5.48. The van der Waals surface area contributed by atoms with Crippen molar-refractivity contribution in [2.24, 2.45) is 18.7 Å². The lowest BCUT2D eigenvalue weighted by Gasteiger charge is -2.17. The monoisotopic (exact) mass is 210 g/mol. The summed E-state index contributed by atoms with van der Waals surface area (Å²) in [6, 6.07) is 0.223. The summed E-state index contributed by atoms with van der Waals surface area (Å²) in [5.74, 6) is 0.635. The van der Waals surface area contributed by atoms with Crippen molar-refractivity contribution in [2.45, 2.75) is 26.8 Å². The van der Waals surface area contributed by atoms with E-state index in [4.69, 9.17) is 5.73 Å². The Hall–Kier alpha value is -0.870. The van der Waals surface area contributed by atoms with Crippen LogP contribution in [0.15, 0.2) is 6.20 Å². The lowest BCUT2D eigenvalue weighted by molar-refractivity contribution is 0.477. The Morgan fingerprint density at radius 2 is 2.20 bits per heavy atom. The number of hydrogen-bond acceptors (Lipinski definition) is 3. The second-order valence-corrected chi connectivity index (χ2v) is 4.43. The van der Waals surface area contributed by atoms with Crippen LogP contribution in [0.3, 0.4) is 0 Å². The zero-order valence-electron chi connectivity index (χ0n) is 10.1. The molecule has 1 aromatic heterocycles. The van der Waals surface area contributed by atoms with E-state index < -0.39 is 0 Å². The predicted octanol–water partition coefficient (Wildman–Crippen LogP) is 0.974. The van der Waals surface area contributed by atoms with Gasteiger partial charge in [-0.2, -0.15) is 5.10 Å². The van der Waals surface area contributed by atoms with Crippen LogP contribution < -0.4 is 11.1 Å². The van der Waals surface area contributed by atoms with E-state index >= 15 is 0 Å². The van der Waals surface area contributed by atoms with E-state index in [1.165, 1.54) is 5.56 Å². The topological polar surface area (TPSA) is 55.9 Å². The van der Waals surface area contributed by atoms with Gasteiger partial charge in [-0.25, -0.2) is 0 Å². The van der Waals surface area contributed by atoms with Crippen LogP contribution in [-0.2, 0) is 7.05 Å². The average Bonchev–Trinajstić information content (AvgIpc) is 2.46. The van der Waals surface area contributed by atoms with Gasteiger partial charge in [-0.15, -0.1) is 0 Å². The molecule has 1 atom stereocenters. The number of nitrogens with one attached hydrogen (secondary N) is 1. The van der Waals surface area contributed by atoms with Gasteiger partial charge in [0.15, 0.2) is 0 Å². The van der Waals surface area contributed by atoms with E-state index in [0.717, 1.165) is 12.2 Å². The molecule has 1 aromatic rings. The second kappa shape index (κ2) is 5.28. The van der Waals surface area contributed by atoms with Crippen LogP contribution >= 0.6 is 0 Å². The molecule has 0 saturated heterocycles. The first-order chi connectivity index (χ1) is 7.04. The van der Waals surface area contributed by atoms with E-state index in [1.54, 1.807) is 0 Å². The highest BCUT2D eigenvalue weighted by Crippen LogP contribution is 2.15. The van der Waals surface area contributed by atoms with E-state index in [0.29, 0.717) is 12.5 Å². The molecule has 0 saturated carbocycles. The molecule has 3 N–H and O–H groups in total.